The minimum atomic E-state index is -3.07. The molecule has 1 aromatic carbocycles. The van der Waals surface area contributed by atoms with Crippen LogP contribution in [0.1, 0.15) is 18.4 Å². The number of rotatable bonds is 3. The average Bonchev–Trinajstić information content (AvgIpc) is 2.35. The topological polar surface area (TPSA) is 75.4 Å². The second kappa shape index (κ2) is 5.79. The molecule has 1 fully saturated rings. The summed E-state index contributed by atoms with van der Waals surface area (Å²) in [5.41, 5.74) is 8.33. The van der Waals surface area contributed by atoms with Crippen molar-refractivity contribution >= 4 is 33.0 Å². The highest BCUT2D eigenvalue weighted by Gasteiger charge is 2.25. The fourth-order valence-electron chi connectivity index (χ4n) is 2.41. The van der Waals surface area contributed by atoms with Crippen LogP contribution in [0.3, 0.4) is 0 Å². The van der Waals surface area contributed by atoms with E-state index in [1.54, 1.807) is 0 Å². The van der Waals surface area contributed by atoms with E-state index in [0.29, 0.717) is 23.8 Å². The summed E-state index contributed by atoms with van der Waals surface area (Å²) in [5.74, 6) is 0. The Morgan fingerprint density at radius 3 is 2.50 bits per heavy atom. The first-order chi connectivity index (χ1) is 9.27. The second-order valence-electron chi connectivity index (χ2n) is 5.27. The maximum atomic E-state index is 11.5. The van der Waals surface area contributed by atoms with Gasteiger partial charge < -0.3 is 11.1 Å². The smallest absolute Gasteiger partial charge is 0.211 e. The number of sulfonamides is 1. The van der Waals surface area contributed by atoms with Gasteiger partial charge in [0.15, 0.2) is 0 Å². The van der Waals surface area contributed by atoms with E-state index in [1.165, 1.54) is 10.6 Å². The van der Waals surface area contributed by atoms with Crippen molar-refractivity contribution in [1.82, 2.24) is 4.31 Å². The van der Waals surface area contributed by atoms with Crippen molar-refractivity contribution in [3.63, 3.8) is 0 Å². The van der Waals surface area contributed by atoms with E-state index in [-0.39, 0.29) is 6.04 Å². The van der Waals surface area contributed by atoms with Gasteiger partial charge in [0.1, 0.15) is 0 Å². The highest BCUT2D eigenvalue weighted by Crippen LogP contribution is 2.28. The largest absolute Gasteiger partial charge is 0.398 e. The highest BCUT2D eigenvalue weighted by atomic mass is 35.5. The van der Waals surface area contributed by atoms with E-state index in [1.807, 2.05) is 19.1 Å². The van der Waals surface area contributed by atoms with Crippen molar-refractivity contribution in [2.75, 3.05) is 30.4 Å². The monoisotopic (exact) mass is 317 g/mol. The minimum Gasteiger partial charge on any atom is -0.398 e. The third-order valence-electron chi connectivity index (χ3n) is 3.63. The number of hydrogen-bond donors (Lipinski definition) is 2. The summed E-state index contributed by atoms with van der Waals surface area (Å²) in [7, 11) is -3.07. The molecular formula is C13H20ClN3O2S. The number of halogens is 1. The lowest BCUT2D eigenvalue weighted by Gasteiger charge is -2.31. The molecule has 112 valence electrons. The lowest BCUT2D eigenvalue weighted by atomic mass is 10.1. The summed E-state index contributed by atoms with van der Waals surface area (Å²) in [6, 6.07) is 3.93. The molecule has 20 heavy (non-hydrogen) atoms. The van der Waals surface area contributed by atoms with Gasteiger partial charge in [-0.2, -0.15) is 0 Å². The van der Waals surface area contributed by atoms with Gasteiger partial charge in [0.05, 0.1) is 17.0 Å². The molecule has 1 saturated heterocycles. The van der Waals surface area contributed by atoms with Crippen LogP contribution in [-0.2, 0) is 10.0 Å². The standard InChI is InChI=1S/C13H20ClN3O2S/c1-9-7-12(15)11(14)8-13(9)16-10-3-5-17(6-4-10)20(2,18)19/h7-8,10,16H,3-6,15H2,1-2H3. The maximum Gasteiger partial charge on any atom is 0.211 e. The molecule has 1 heterocycles. The molecule has 0 aliphatic carbocycles. The number of nitrogens with zero attached hydrogens (tertiary/aromatic N) is 1. The number of anilines is 2. The Labute approximate surface area is 125 Å². The van der Waals surface area contributed by atoms with Crippen LogP contribution in [-0.4, -0.2) is 38.1 Å². The molecule has 0 atom stereocenters. The SMILES string of the molecule is Cc1cc(N)c(Cl)cc1NC1CCN(S(C)(=O)=O)CC1. The van der Waals surface area contributed by atoms with E-state index < -0.39 is 10.0 Å². The van der Waals surface area contributed by atoms with Crippen LogP contribution in [0.25, 0.3) is 0 Å². The quantitative estimate of drug-likeness (QED) is 0.837. The number of hydrogen-bond acceptors (Lipinski definition) is 4. The second-order valence-corrected chi connectivity index (χ2v) is 7.66. The van der Waals surface area contributed by atoms with Gasteiger partial charge in [0.25, 0.3) is 0 Å². The molecule has 2 rings (SSSR count). The van der Waals surface area contributed by atoms with E-state index >= 15 is 0 Å². The summed E-state index contributed by atoms with van der Waals surface area (Å²) < 4.78 is 24.4. The van der Waals surface area contributed by atoms with Crippen molar-refractivity contribution in [3.05, 3.63) is 22.7 Å². The van der Waals surface area contributed by atoms with Crippen molar-refractivity contribution in [3.8, 4) is 0 Å². The molecule has 0 aromatic heterocycles. The molecule has 1 aromatic rings. The molecule has 7 heteroatoms. The first-order valence-electron chi connectivity index (χ1n) is 6.54. The third kappa shape index (κ3) is 3.56. The normalized spacial score (nSPS) is 18.1. The Morgan fingerprint density at radius 1 is 1.35 bits per heavy atom. The van der Waals surface area contributed by atoms with Crippen LogP contribution in [0.15, 0.2) is 12.1 Å². The van der Waals surface area contributed by atoms with Gasteiger partial charge in [-0.15, -0.1) is 0 Å². The van der Waals surface area contributed by atoms with Crippen molar-refractivity contribution in [1.29, 1.82) is 0 Å². The van der Waals surface area contributed by atoms with Gasteiger partial charge in [-0.25, -0.2) is 12.7 Å². The minimum absolute atomic E-state index is 0.256. The highest BCUT2D eigenvalue weighted by molar-refractivity contribution is 7.88. The van der Waals surface area contributed by atoms with Gasteiger partial charge in [-0.3, -0.25) is 0 Å². The number of piperidine rings is 1. The first kappa shape index (κ1) is 15.4. The molecule has 1 aliphatic rings. The Bertz CT molecular complexity index is 596. The van der Waals surface area contributed by atoms with Crippen LogP contribution in [0, 0.1) is 6.92 Å². The van der Waals surface area contributed by atoms with E-state index in [4.69, 9.17) is 17.3 Å². The fraction of sp³-hybridized carbons (Fsp3) is 0.538. The molecule has 0 amide bonds. The number of nitrogens with one attached hydrogen (secondary N) is 1. The molecule has 5 nitrogen and oxygen atoms in total. The zero-order valence-electron chi connectivity index (χ0n) is 11.7. The molecule has 0 saturated carbocycles. The molecule has 0 unspecified atom stereocenters. The van der Waals surface area contributed by atoms with Crippen molar-refractivity contribution in [2.24, 2.45) is 0 Å². The van der Waals surface area contributed by atoms with Crippen molar-refractivity contribution in [2.45, 2.75) is 25.8 Å². The average molecular weight is 318 g/mol. The molecule has 3 N–H and O–H groups in total. The number of nitrogens with two attached hydrogens (primary N) is 1. The van der Waals surface area contributed by atoms with Crippen LogP contribution in [0.4, 0.5) is 11.4 Å². The maximum absolute atomic E-state index is 11.5. The predicted molar refractivity (Wildman–Crippen MR) is 83.7 cm³/mol. The predicted octanol–water partition coefficient (Wildman–Crippen LogP) is 2.07. The Kier molecular flexibility index (Phi) is 4.46. The van der Waals surface area contributed by atoms with E-state index in [9.17, 15) is 8.42 Å². The Morgan fingerprint density at radius 2 is 1.95 bits per heavy atom. The van der Waals surface area contributed by atoms with Gasteiger partial charge in [-0.1, -0.05) is 11.6 Å². The third-order valence-corrected chi connectivity index (χ3v) is 5.26. The van der Waals surface area contributed by atoms with Crippen LogP contribution in [0.2, 0.25) is 5.02 Å². The van der Waals surface area contributed by atoms with Crippen LogP contribution >= 0.6 is 11.6 Å². The molecule has 0 bridgehead atoms. The number of nitrogen functional groups attached to an aromatic ring is 1. The van der Waals surface area contributed by atoms with Crippen LogP contribution in [0.5, 0.6) is 0 Å². The lowest BCUT2D eigenvalue weighted by molar-refractivity contribution is 0.332. The fourth-order valence-corrected chi connectivity index (χ4v) is 3.45. The number of benzene rings is 1. The summed E-state index contributed by atoms with van der Waals surface area (Å²) in [4.78, 5) is 0. The van der Waals surface area contributed by atoms with Gasteiger partial charge in [0.2, 0.25) is 10.0 Å². The van der Waals surface area contributed by atoms with Gasteiger partial charge in [0, 0.05) is 24.8 Å². The Hall–Kier alpha value is -0.980. The van der Waals surface area contributed by atoms with E-state index in [2.05, 4.69) is 5.32 Å². The number of aryl methyl sites for hydroxylation is 1. The summed E-state index contributed by atoms with van der Waals surface area (Å²) in [6.45, 7) is 3.08. The lowest BCUT2D eigenvalue weighted by Crippen LogP contribution is -2.41. The zero-order chi connectivity index (χ0) is 14.9. The first-order valence-corrected chi connectivity index (χ1v) is 8.77. The molecular weight excluding hydrogens is 298 g/mol. The summed E-state index contributed by atoms with van der Waals surface area (Å²) in [5, 5.41) is 3.96. The zero-order valence-corrected chi connectivity index (χ0v) is 13.3. The summed E-state index contributed by atoms with van der Waals surface area (Å²) >= 11 is 6.03. The van der Waals surface area contributed by atoms with Gasteiger partial charge >= 0.3 is 0 Å². The van der Waals surface area contributed by atoms with Crippen molar-refractivity contribution < 1.29 is 8.42 Å². The van der Waals surface area contributed by atoms with E-state index in [0.717, 1.165) is 24.1 Å². The Balaban J connectivity index is 2.01. The summed E-state index contributed by atoms with van der Waals surface area (Å²) in [6.07, 6.45) is 2.83. The van der Waals surface area contributed by atoms with Gasteiger partial charge in [-0.05, 0) is 37.5 Å². The molecule has 1 aliphatic heterocycles. The van der Waals surface area contributed by atoms with Crippen LogP contribution < -0.4 is 11.1 Å². The molecule has 0 radical (unpaired) electrons. The molecule has 0 spiro atoms.